The Morgan fingerprint density at radius 1 is 1.69 bits per heavy atom. The molecule has 2 N–H and O–H groups in total. The van der Waals surface area contributed by atoms with Gasteiger partial charge in [-0.1, -0.05) is 0 Å². The Hall–Kier alpha value is -0.870. The fourth-order valence-corrected chi connectivity index (χ4v) is 1.71. The minimum absolute atomic E-state index is 0.135. The molecule has 1 aromatic rings. The van der Waals surface area contributed by atoms with Crippen LogP contribution in [0.2, 0.25) is 0 Å². The van der Waals surface area contributed by atoms with Gasteiger partial charge in [0.15, 0.2) is 0 Å². The van der Waals surface area contributed by atoms with Crippen molar-refractivity contribution in [3.63, 3.8) is 0 Å². The summed E-state index contributed by atoms with van der Waals surface area (Å²) in [4.78, 5) is 4.06. The quantitative estimate of drug-likeness (QED) is 0.690. The SMILES string of the molecule is Cn1cncc1[C@@H]1C[C@H](N)CCO1. The van der Waals surface area contributed by atoms with Gasteiger partial charge in [0.2, 0.25) is 0 Å². The zero-order valence-corrected chi connectivity index (χ0v) is 7.81. The van der Waals surface area contributed by atoms with E-state index in [0.29, 0.717) is 0 Å². The highest BCUT2D eigenvalue weighted by atomic mass is 16.5. The van der Waals surface area contributed by atoms with Crippen molar-refractivity contribution >= 4 is 0 Å². The van der Waals surface area contributed by atoms with Gasteiger partial charge in [0.05, 0.1) is 18.2 Å². The van der Waals surface area contributed by atoms with E-state index < -0.39 is 0 Å². The molecule has 0 unspecified atom stereocenters. The first-order valence-corrected chi connectivity index (χ1v) is 4.61. The molecule has 1 fully saturated rings. The van der Waals surface area contributed by atoms with Crippen molar-refractivity contribution < 1.29 is 4.74 Å². The summed E-state index contributed by atoms with van der Waals surface area (Å²) in [6.45, 7) is 0.761. The van der Waals surface area contributed by atoms with Gasteiger partial charge in [0, 0.05) is 19.7 Å². The lowest BCUT2D eigenvalue weighted by atomic mass is 10.0. The van der Waals surface area contributed by atoms with Crippen LogP contribution in [-0.4, -0.2) is 22.2 Å². The van der Waals surface area contributed by atoms with E-state index in [-0.39, 0.29) is 12.1 Å². The summed E-state index contributed by atoms with van der Waals surface area (Å²) in [6, 6.07) is 0.272. The third-order valence-electron chi connectivity index (χ3n) is 2.51. The van der Waals surface area contributed by atoms with Crippen molar-refractivity contribution in [3.8, 4) is 0 Å². The second-order valence-corrected chi connectivity index (χ2v) is 3.57. The Bertz CT molecular complexity index is 284. The Balaban J connectivity index is 2.12. The number of aromatic nitrogens is 2. The van der Waals surface area contributed by atoms with Crippen molar-refractivity contribution in [2.45, 2.75) is 25.0 Å². The summed E-state index contributed by atoms with van der Waals surface area (Å²) in [5.74, 6) is 0. The first-order valence-electron chi connectivity index (χ1n) is 4.61. The number of imidazole rings is 1. The summed E-state index contributed by atoms with van der Waals surface area (Å²) in [6.07, 6.45) is 5.64. The van der Waals surface area contributed by atoms with Crippen LogP contribution in [0.25, 0.3) is 0 Å². The van der Waals surface area contributed by atoms with Crippen molar-refractivity contribution in [2.75, 3.05) is 6.61 Å². The molecular formula is C9H15N3O. The van der Waals surface area contributed by atoms with E-state index in [2.05, 4.69) is 4.98 Å². The molecule has 2 heterocycles. The molecule has 1 aliphatic heterocycles. The molecule has 72 valence electrons. The van der Waals surface area contributed by atoms with Crippen molar-refractivity contribution in [3.05, 3.63) is 18.2 Å². The number of hydrogen-bond acceptors (Lipinski definition) is 3. The van der Waals surface area contributed by atoms with E-state index in [1.807, 2.05) is 17.8 Å². The van der Waals surface area contributed by atoms with Crippen LogP contribution >= 0.6 is 0 Å². The molecule has 13 heavy (non-hydrogen) atoms. The molecule has 0 bridgehead atoms. The van der Waals surface area contributed by atoms with Gasteiger partial charge in [-0.25, -0.2) is 4.98 Å². The van der Waals surface area contributed by atoms with Crippen molar-refractivity contribution in [2.24, 2.45) is 12.8 Å². The van der Waals surface area contributed by atoms with E-state index in [1.165, 1.54) is 0 Å². The van der Waals surface area contributed by atoms with Crippen LogP contribution in [0.15, 0.2) is 12.5 Å². The topological polar surface area (TPSA) is 53.1 Å². The lowest BCUT2D eigenvalue weighted by Gasteiger charge is -2.27. The Morgan fingerprint density at radius 3 is 3.15 bits per heavy atom. The number of nitrogens with zero attached hydrogens (tertiary/aromatic N) is 2. The van der Waals surface area contributed by atoms with Gasteiger partial charge in [0.1, 0.15) is 6.10 Å². The molecule has 1 aliphatic rings. The molecule has 4 heteroatoms. The lowest BCUT2D eigenvalue weighted by Crippen LogP contribution is -2.31. The summed E-state index contributed by atoms with van der Waals surface area (Å²) < 4.78 is 7.62. The van der Waals surface area contributed by atoms with Crippen LogP contribution in [0.5, 0.6) is 0 Å². The highest BCUT2D eigenvalue weighted by Crippen LogP contribution is 2.26. The molecule has 2 rings (SSSR count). The van der Waals surface area contributed by atoms with Gasteiger partial charge in [-0.05, 0) is 12.8 Å². The second-order valence-electron chi connectivity index (χ2n) is 3.57. The summed E-state index contributed by atoms with van der Waals surface area (Å²) in [5, 5.41) is 0. The second kappa shape index (κ2) is 3.47. The van der Waals surface area contributed by atoms with Gasteiger partial charge in [-0.3, -0.25) is 0 Å². The van der Waals surface area contributed by atoms with E-state index in [0.717, 1.165) is 25.1 Å². The maximum Gasteiger partial charge on any atom is 0.100 e. The molecule has 1 aromatic heterocycles. The fraction of sp³-hybridized carbons (Fsp3) is 0.667. The minimum atomic E-state index is 0.135. The maximum absolute atomic E-state index is 5.87. The van der Waals surface area contributed by atoms with E-state index in [4.69, 9.17) is 10.5 Å². The summed E-state index contributed by atoms with van der Waals surface area (Å²) in [7, 11) is 1.98. The van der Waals surface area contributed by atoms with Gasteiger partial charge >= 0.3 is 0 Å². The van der Waals surface area contributed by atoms with Crippen LogP contribution in [0.1, 0.15) is 24.6 Å². The molecule has 2 atom stereocenters. The van der Waals surface area contributed by atoms with E-state index in [1.54, 1.807) is 6.33 Å². The summed E-state index contributed by atoms with van der Waals surface area (Å²) >= 11 is 0. The third-order valence-corrected chi connectivity index (χ3v) is 2.51. The maximum atomic E-state index is 5.87. The molecule has 0 aliphatic carbocycles. The standard InChI is InChI=1S/C9H15N3O/c1-12-6-11-5-8(12)9-4-7(10)2-3-13-9/h5-7,9H,2-4,10H2,1H3/t7-,9+/m1/s1. The van der Waals surface area contributed by atoms with E-state index in [9.17, 15) is 0 Å². The van der Waals surface area contributed by atoms with Gasteiger partial charge in [0.25, 0.3) is 0 Å². The van der Waals surface area contributed by atoms with Gasteiger partial charge in [-0.15, -0.1) is 0 Å². The van der Waals surface area contributed by atoms with Crippen molar-refractivity contribution in [1.29, 1.82) is 0 Å². The molecule has 0 radical (unpaired) electrons. The minimum Gasteiger partial charge on any atom is -0.372 e. The normalized spacial score (nSPS) is 29.1. The molecule has 0 saturated carbocycles. The van der Waals surface area contributed by atoms with Crippen molar-refractivity contribution in [1.82, 2.24) is 9.55 Å². The largest absolute Gasteiger partial charge is 0.372 e. The first kappa shape index (κ1) is 8.72. The Labute approximate surface area is 77.7 Å². The average molecular weight is 181 g/mol. The van der Waals surface area contributed by atoms with Crippen LogP contribution in [0.4, 0.5) is 0 Å². The predicted octanol–water partition coefficient (Wildman–Crippen LogP) is 0.599. The molecular weight excluding hydrogens is 166 g/mol. The molecule has 0 spiro atoms. The van der Waals surface area contributed by atoms with Crippen LogP contribution in [0, 0.1) is 0 Å². The third kappa shape index (κ3) is 1.73. The number of ether oxygens (including phenoxy) is 1. The average Bonchev–Trinajstić information content (AvgIpc) is 2.51. The first-order chi connectivity index (χ1) is 6.27. The number of aryl methyl sites for hydroxylation is 1. The Morgan fingerprint density at radius 2 is 2.54 bits per heavy atom. The molecule has 0 amide bonds. The zero-order valence-electron chi connectivity index (χ0n) is 7.81. The number of nitrogens with two attached hydrogens (primary N) is 1. The van der Waals surface area contributed by atoms with Gasteiger partial charge < -0.3 is 15.0 Å². The number of rotatable bonds is 1. The van der Waals surface area contributed by atoms with Gasteiger partial charge in [-0.2, -0.15) is 0 Å². The highest BCUT2D eigenvalue weighted by molar-refractivity contribution is 5.04. The molecule has 4 nitrogen and oxygen atoms in total. The predicted molar refractivity (Wildman–Crippen MR) is 49.1 cm³/mol. The van der Waals surface area contributed by atoms with Crippen LogP contribution < -0.4 is 5.73 Å². The number of hydrogen-bond donors (Lipinski definition) is 1. The molecule has 0 aromatic carbocycles. The smallest absolute Gasteiger partial charge is 0.100 e. The lowest BCUT2D eigenvalue weighted by molar-refractivity contribution is 0.00253. The zero-order chi connectivity index (χ0) is 9.26. The van der Waals surface area contributed by atoms with E-state index >= 15 is 0 Å². The highest BCUT2D eigenvalue weighted by Gasteiger charge is 2.23. The Kier molecular flexibility index (Phi) is 2.33. The molecule has 1 saturated heterocycles. The summed E-state index contributed by atoms with van der Waals surface area (Å²) in [5.41, 5.74) is 6.99. The van der Waals surface area contributed by atoms with Crippen LogP contribution in [-0.2, 0) is 11.8 Å². The van der Waals surface area contributed by atoms with Crippen LogP contribution in [0.3, 0.4) is 0 Å². The monoisotopic (exact) mass is 181 g/mol. The fourth-order valence-electron chi connectivity index (χ4n) is 1.71.